The first-order valence-electron chi connectivity index (χ1n) is 12.2. The molecule has 0 aromatic heterocycles. The molecule has 2 saturated heterocycles. The van der Waals surface area contributed by atoms with E-state index >= 15 is 0 Å². The molecule has 2 aromatic rings. The first-order chi connectivity index (χ1) is 16.9. The van der Waals surface area contributed by atoms with Gasteiger partial charge in [0.05, 0.1) is 6.67 Å². The lowest BCUT2D eigenvalue weighted by atomic mass is 9.82. The highest BCUT2D eigenvalue weighted by Crippen LogP contribution is 2.45. The third kappa shape index (κ3) is 3.73. The Kier molecular flexibility index (Phi) is 6.13. The van der Waals surface area contributed by atoms with Gasteiger partial charge in [-0.05, 0) is 62.7 Å². The number of fused-ring (bicyclic) bond motifs is 1. The average Bonchev–Trinajstić information content (AvgIpc) is 3.31. The Hall–Kier alpha value is -3.20. The van der Waals surface area contributed by atoms with Crippen molar-refractivity contribution in [3.05, 3.63) is 66.2 Å². The molecule has 0 aliphatic carbocycles. The van der Waals surface area contributed by atoms with Crippen molar-refractivity contribution in [2.45, 2.75) is 37.3 Å². The molecule has 5 rings (SSSR count). The van der Waals surface area contributed by atoms with Crippen LogP contribution in [0.1, 0.15) is 31.7 Å². The number of piperidine rings is 1. The van der Waals surface area contributed by atoms with Crippen LogP contribution in [0.2, 0.25) is 0 Å². The van der Waals surface area contributed by atoms with E-state index in [1.54, 1.807) is 36.1 Å². The molecule has 0 saturated carbocycles. The largest absolute Gasteiger partial charge is 0.396 e. The van der Waals surface area contributed by atoms with Gasteiger partial charge in [-0.2, -0.15) is 0 Å². The van der Waals surface area contributed by atoms with Crippen LogP contribution in [0.25, 0.3) is 0 Å². The number of amides is 2. The van der Waals surface area contributed by atoms with Crippen LogP contribution >= 0.6 is 0 Å². The Morgan fingerprint density at radius 2 is 1.83 bits per heavy atom. The van der Waals surface area contributed by atoms with E-state index in [0.717, 1.165) is 18.8 Å². The summed E-state index contributed by atoms with van der Waals surface area (Å²) in [6, 6.07) is 15.4. The molecule has 8 nitrogen and oxygen atoms in total. The number of rotatable bonds is 6. The maximum atomic E-state index is 14.0. The summed E-state index contributed by atoms with van der Waals surface area (Å²) in [5.41, 5.74) is 0.286. The van der Waals surface area contributed by atoms with E-state index < -0.39 is 23.0 Å². The van der Waals surface area contributed by atoms with Crippen LogP contribution in [0, 0.1) is 5.92 Å². The van der Waals surface area contributed by atoms with Gasteiger partial charge in [-0.15, -0.1) is 0 Å². The van der Waals surface area contributed by atoms with E-state index in [2.05, 4.69) is 15.5 Å². The number of anilines is 3. The van der Waals surface area contributed by atoms with Gasteiger partial charge in [-0.1, -0.05) is 37.3 Å². The number of aliphatic hydroxyl groups is 2. The van der Waals surface area contributed by atoms with Gasteiger partial charge in [0, 0.05) is 35.2 Å². The second kappa shape index (κ2) is 9.11. The average molecular weight is 477 g/mol. The van der Waals surface area contributed by atoms with Gasteiger partial charge in [0.1, 0.15) is 5.54 Å². The lowest BCUT2D eigenvalue weighted by molar-refractivity contribution is -0.137. The summed E-state index contributed by atoms with van der Waals surface area (Å²) in [5.74, 6) is -0.963. The lowest BCUT2D eigenvalue weighted by Crippen LogP contribution is -2.55. The van der Waals surface area contributed by atoms with Gasteiger partial charge in [0.2, 0.25) is 0 Å². The molecule has 1 spiro atoms. The maximum Gasteiger partial charge on any atom is 0.261 e. The number of benzene rings is 2. The zero-order valence-electron chi connectivity index (χ0n) is 19.9. The summed E-state index contributed by atoms with van der Waals surface area (Å²) in [4.78, 5) is 30.8. The van der Waals surface area contributed by atoms with E-state index in [1.807, 2.05) is 36.4 Å². The SMILES string of the molecule is C[C@H](/C=C/CCO)[C@@]1(O)C(=O)Nc2ccc(N3CN(c4ccccc4)C4(CCNCC4)C3=O)cc21. The molecule has 3 aliphatic heterocycles. The van der Waals surface area contributed by atoms with E-state index in [-0.39, 0.29) is 12.5 Å². The van der Waals surface area contributed by atoms with Crippen molar-refractivity contribution in [3.8, 4) is 0 Å². The van der Waals surface area contributed by atoms with Gasteiger partial charge in [0.15, 0.2) is 5.60 Å². The minimum atomic E-state index is -1.76. The Morgan fingerprint density at radius 3 is 2.54 bits per heavy atom. The number of hydrogen-bond acceptors (Lipinski definition) is 6. The molecule has 2 fully saturated rings. The predicted octanol–water partition coefficient (Wildman–Crippen LogP) is 2.33. The predicted molar refractivity (Wildman–Crippen MR) is 135 cm³/mol. The topological polar surface area (TPSA) is 105 Å². The van der Waals surface area contributed by atoms with Gasteiger partial charge >= 0.3 is 0 Å². The van der Waals surface area contributed by atoms with Crippen molar-refractivity contribution < 1.29 is 19.8 Å². The van der Waals surface area contributed by atoms with Gasteiger partial charge in [-0.25, -0.2) is 0 Å². The van der Waals surface area contributed by atoms with Crippen molar-refractivity contribution in [2.24, 2.45) is 5.92 Å². The lowest BCUT2D eigenvalue weighted by Gasteiger charge is -2.39. The number of carbonyl (C=O) groups is 2. The van der Waals surface area contributed by atoms with Crippen molar-refractivity contribution in [1.82, 2.24) is 5.32 Å². The Morgan fingerprint density at radius 1 is 1.09 bits per heavy atom. The minimum Gasteiger partial charge on any atom is -0.396 e. The van der Waals surface area contributed by atoms with Crippen LogP contribution in [0.4, 0.5) is 17.1 Å². The monoisotopic (exact) mass is 476 g/mol. The molecule has 0 radical (unpaired) electrons. The Labute approximate surface area is 205 Å². The standard InChI is InChI=1S/C27H32N4O4/c1-19(7-5-6-16-32)27(35)22-17-21(10-11-23(22)29-24(27)33)30-18-31(20-8-3-2-4-9-20)26(25(30)34)12-14-28-15-13-26/h2-5,7-11,17,19,28,32,35H,6,12-16,18H2,1H3,(H,29,33)/b7-5+/t19-,27+/m1/s1. The van der Waals surface area contributed by atoms with Gasteiger partial charge in [0.25, 0.3) is 11.8 Å². The number of para-hydroxylation sites is 1. The van der Waals surface area contributed by atoms with Crippen LogP contribution in [-0.2, 0) is 15.2 Å². The molecule has 0 bridgehead atoms. The smallest absolute Gasteiger partial charge is 0.261 e. The number of carbonyl (C=O) groups excluding carboxylic acids is 2. The van der Waals surface area contributed by atoms with E-state index in [4.69, 9.17) is 5.11 Å². The molecule has 8 heteroatoms. The first-order valence-corrected chi connectivity index (χ1v) is 12.2. The zero-order chi connectivity index (χ0) is 24.6. The third-order valence-corrected chi connectivity index (χ3v) is 7.64. The molecular formula is C27H32N4O4. The van der Waals surface area contributed by atoms with Crippen LogP contribution in [-0.4, -0.2) is 53.9 Å². The van der Waals surface area contributed by atoms with Crippen LogP contribution in [0.15, 0.2) is 60.7 Å². The summed E-state index contributed by atoms with van der Waals surface area (Å²) in [6.45, 7) is 3.71. The second-order valence-corrected chi connectivity index (χ2v) is 9.60. The molecule has 3 aliphatic rings. The normalized spacial score (nSPS) is 24.3. The fourth-order valence-corrected chi connectivity index (χ4v) is 5.60. The highest BCUT2D eigenvalue weighted by atomic mass is 16.3. The third-order valence-electron chi connectivity index (χ3n) is 7.64. The molecule has 4 N–H and O–H groups in total. The summed E-state index contributed by atoms with van der Waals surface area (Å²) in [7, 11) is 0. The molecule has 184 valence electrons. The minimum absolute atomic E-state index is 0.000829. The van der Waals surface area contributed by atoms with Crippen LogP contribution < -0.4 is 20.4 Å². The fraction of sp³-hybridized carbons (Fsp3) is 0.407. The highest BCUT2D eigenvalue weighted by Gasteiger charge is 2.54. The molecule has 2 aromatic carbocycles. The van der Waals surface area contributed by atoms with Crippen LogP contribution in [0.3, 0.4) is 0 Å². The van der Waals surface area contributed by atoms with E-state index in [0.29, 0.717) is 42.9 Å². The van der Waals surface area contributed by atoms with Crippen molar-refractivity contribution in [1.29, 1.82) is 0 Å². The summed E-state index contributed by atoms with van der Waals surface area (Å²) in [5, 5.41) is 26.8. The quantitative estimate of drug-likeness (QED) is 0.477. The van der Waals surface area contributed by atoms with Crippen molar-refractivity contribution >= 4 is 28.9 Å². The summed E-state index contributed by atoms with van der Waals surface area (Å²) < 4.78 is 0. The van der Waals surface area contributed by atoms with Crippen molar-refractivity contribution in [2.75, 3.05) is 41.5 Å². The first kappa shape index (κ1) is 23.5. The summed E-state index contributed by atoms with van der Waals surface area (Å²) in [6.07, 6.45) is 5.38. The fourth-order valence-electron chi connectivity index (χ4n) is 5.60. The molecular weight excluding hydrogens is 444 g/mol. The van der Waals surface area contributed by atoms with Crippen LogP contribution in [0.5, 0.6) is 0 Å². The molecule has 2 amide bonds. The molecule has 3 heterocycles. The number of nitrogens with zero attached hydrogens (tertiary/aromatic N) is 2. The van der Waals surface area contributed by atoms with Crippen molar-refractivity contribution in [3.63, 3.8) is 0 Å². The van der Waals surface area contributed by atoms with E-state index in [9.17, 15) is 14.7 Å². The molecule has 2 atom stereocenters. The maximum absolute atomic E-state index is 14.0. The van der Waals surface area contributed by atoms with Gasteiger partial charge < -0.3 is 25.7 Å². The van der Waals surface area contributed by atoms with Gasteiger partial charge in [-0.3, -0.25) is 14.5 Å². The number of nitrogens with one attached hydrogen (secondary N) is 2. The van der Waals surface area contributed by atoms with E-state index in [1.165, 1.54) is 0 Å². The molecule has 35 heavy (non-hydrogen) atoms. The second-order valence-electron chi connectivity index (χ2n) is 9.60. The molecule has 0 unspecified atom stereocenters. The number of aliphatic hydroxyl groups excluding tert-OH is 1. The summed E-state index contributed by atoms with van der Waals surface area (Å²) >= 11 is 0. The number of hydrogen-bond donors (Lipinski definition) is 4. The Bertz CT molecular complexity index is 1150. The highest BCUT2D eigenvalue weighted by molar-refractivity contribution is 6.08. The Balaban J connectivity index is 1.52. The zero-order valence-corrected chi connectivity index (χ0v) is 19.9.